The largest absolute Gasteiger partial charge is 0.380 e. The van der Waals surface area contributed by atoms with Crippen molar-refractivity contribution in [3.63, 3.8) is 0 Å². The molecule has 0 radical (unpaired) electrons. The Morgan fingerprint density at radius 3 is 3.20 bits per heavy atom. The highest BCUT2D eigenvalue weighted by Gasteiger charge is 2.50. The zero-order valence-electron chi connectivity index (χ0n) is 13.6. The molecule has 2 fully saturated rings. The van der Waals surface area contributed by atoms with Gasteiger partial charge in [-0.1, -0.05) is 5.16 Å². The molecule has 2 saturated heterocycles. The molecule has 2 aliphatic rings. The van der Waals surface area contributed by atoms with Gasteiger partial charge in [-0.2, -0.15) is 10.1 Å². The smallest absolute Gasteiger partial charge is 0.237 e. The summed E-state index contributed by atoms with van der Waals surface area (Å²) in [6.45, 7) is 3.18. The molecule has 8 heteroatoms. The van der Waals surface area contributed by atoms with Crippen molar-refractivity contribution < 1.29 is 9.26 Å². The number of pyridine rings is 1. The molecule has 0 aromatic carbocycles. The summed E-state index contributed by atoms with van der Waals surface area (Å²) in [6, 6.07) is 5.64. The summed E-state index contributed by atoms with van der Waals surface area (Å²) >= 11 is 0. The van der Waals surface area contributed by atoms with E-state index in [1.54, 1.807) is 17.1 Å². The van der Waals surface area contributed by atoms with Gasteiger partial charge < -0.3 is 14.6 Å². The molecule has 8 nitrogen and oxygen atoms in total. The Morgan fingerprint density at radius 2 is 2.28 bits per heavy atom. The average molecular weight is 338 g/mol. The fourth-order valence-corrected chi connectivity index (χ4v) is 3.83. The minimum Gasteiger partial charge on any atom is -0.380 e. The molecule has 5 heterocycles. The third kappa shape index (κ3) is 2.29. The van der Waals surface area contributed by atoms with Crippen molar-refractivity contribution in [1.82, 2.24) is 30.2 Å². The maximum Gasteiger partial charge on any atom is 0.237 e. The van der Waals surface area contributed by atoms with Crippen molar-refractivity contribution in [3.05, 3.63) is 42.7 Å². The lowest BCUT2D eigenvalue weighted by Crippen LogP contribution is -2.44. The number of aromatic nitrogens is 5. The van der Waals surface area contributed by atoms with Gasteiger partial charge in [0, 0.05) is 31.7 Å². The monoisotopic (exact) mass is 338 g/mol. The van der Waals surface area contributed by atoms with Crippen molar-refractivity contribution in [2.24, 2.45) is 5.92 Å². The Kier molecular flexibility index (Phi) is 3.39. The molecule has 0 bridgehead atoms. The van der Waals surface area contributed by atoms with E-state index in [0.717, 1.165) is 31.7 Å². The molecular formula is C17H18N6O2. The van der Waals surface area contributed by atoms with Gasteiger partial charge >= 0.3 is 0 Å². The van der Waals surface area contributed by atoms with Gasteiger partial charge in [-0.3, -0.25) is 0 Å². The average Bonchev–Trinajstić information content (AvgIpc) is 3.41. The highest BCUT2D eigenvalue weighted by atomic mass is 16.5. The van der Waals surface area contributed by atoms with Crippen LogP contribution in [0, 0.1) is 5.92 Å². The lowest BCUT2D eigenvalue weighted by Gasteiger charge is -2.34. The minimum atomic E-state index is -0.225. The van der Waals surface area contributed by atoms with Crippen molar-refractivity contribution in [2.75, 3.05) is 26.3 Å². The van der Waals surface area contributed by atoms with E-state index in [-0.39, 0.29) is 5.41 Å². The maximum absolute atomic E-state index is 5.74. The molecule has 1 N–H and O–H groups in total. The quantitative estimate of drug-likeness (QED) is 0.767. The summed E-state index contributed by atoms with van der Waals surface area (Å²) in [4.78, 5) is 9.16. The van der Waals surface area contributed by atoms with E-state index in [9.17, 15) is 0 Å². The second kappa shape index (κ2) is 5.75. The summed E-state index contributed by atoms with van der Waals surface area (Å²) in [5.74, 6) is 2.32. The van der Waals surface area contributed by atoms with Gasteiger partial charge in [-0.25, -0.2) is 9.67 Å². The van der Waals surface area contributed by atoms with Gasteiger partial charge in [0.2, 0.25) is 11.7 Å². The van der Waals surface area contributed by atoms with Gasteiger partial charge in [0.1, 0.15) is 0 Å². The molecule has 2 aliphatic heterocycles. The summed E-state index contributed by atoms with van der Waals surface area (Å²) in [7, 11) is 0. The first-order valence-corrected chi connectivity index (χ1v) is 8.45. The standard InChI is InChI=1S/C17H18N6O2/c1-3-13(15(19-5-1)23-7-2-6-20-23)14-21-16(25-22-14)17-10-18-9-12(17)4-8-24-11-17/h1-3,5-7,12,18H,4,8-11H2/t12-,17+/m1/s1. The predicted molar refractivity (Wildman–Crippen MR) is 88.1 cm³/mol. The molecule has 128 valence electrons. The number of ether oxygens (including phenoxy) is 1. The first kappa shape index (κ1) is 14.7. The highest BCUT2D eigenvalue weighted by Crippen LogP contribution is 2.40. The molecule has 0 saturated carbocycles. The second-order valence-electron chi connectivity index (χ2n) is 6.57. The molecule has 5 rings (SSSR count). The van der Waals surface area contributed by atoms with E-state index in [1.807, 2.05) is 24.4 Å². The van der Waals surface area contributed by atoms with Crippen molar-refractivity contribution in [2.45, 2.75) is 11.8 Å². The van der Waals surface area contributed by atoms with Crippen molar-refractivity contribution >= 4 is 0 Å². The normalized spacial score (nSPS) is 25.8. The summed E-state index contributed by atoms with van der Waals surface area (Å²) in [6.07, 6.45) is 6.30. The fraction of sp³-hybridized carbons (Fsp3) is 0.412. The predicted octanol–water partition coefficient (Wildman–Crippen LogP) is 1.19. The minimum absolute atomic E-state index is 0.225. The lowest BCUT2D eigenvalue weighted by molar-refractivity contribution is 0.00198. The molecule has 2 atom stereocenters. The summed E-state index contributed by atoms with van der Waals surface area (Å²) in [5.41, 5.74) is 0.564. The lowest BCUT2D eigenvalue weighted by atomic mass is 9.75. The molecule has 25 heavy (non-hydrogen) atoms. The maximum atomic E-state index is 5.74. The first-order chi connectivity index (χ1) is 12.4. The summed E-state index contributed by atoms with van der Waals surface area (Å²) in [5, 5.41) is 11.9. The van der Waals surface area contributed by atoms with E-state index in [4.69, 9.17) is 14.2 Å². The number of hydrogen-bond acceptors (Lipinski definition) is 7. The van der Waals surface area contributed by atoms with Crippen LogP contribution in [0.2, 0.25) is 0 Å². The summed E-state index contributed by atoms with van der Waals surface area (Å²) < 4.78 is 13.1. The zero-order valence-corrected chi connectivity index (χ0v) is 13.6. The Labute approximate surface area is 144 Å². The van der Waals surface area contributed by atoms with E-state index in [0.29, 0.717) is 30.1 Å². The van der Waals surface area contributed by atoms with E-state index in [2.05, 4.69) is 20.6 Å². The number of fused-ring (bicyclic) bond motifs is 1. The molecule has 0 amide bonds. The third-order valence-electron chi connectivity index (χ3n) is 5.18. The zero-order chi connectivity index (χ0) is 16.7. The van der Waals surface area contributed by atoms with Crippen molar-refractivity contribution in [3.8, 4) is 17.2 Å². The Hall–Kier alpha value is -2.58. The van der Waals surface area contributed by atoms with E-state index >= 15 is 0 Å². The molecule has 3 aromatic rings. The van der Waals surface area contributed by atoms with Gasteiger partial charge in [-0.15, -0.1) is 0 Å². The Balaban J connectivity index is 1.56. The Morgan fingerprint density at radius 1 is 1.28 bits per heavy atom. The Bertz CT molecular complexity index is 877. The number of rotatable bonds is 3. The molecular weight excluding hydrogens is 320 g/mol. The van der Waals surface area contributed by atoms with Crippen LogP contribution in [0.5, 0.6) is 0 Å². The topological polar surface area (TPSA) is 90.9 Å². The van der Waals surface area contributed by atoms with Gasteiger partial charge in [0.25, 0.3) is 0 Å². The van der Waals surface area contributed by atoms with Gasteiger partial charge in [0.15, 0.2) is 5.82 Å². The highest BCUT2D eigenvalue weighted by molar-refractivity contribution is 5.63. The van der Waals surface area contributed by atoms with Crippen LogP contribution in [0.3, 0.4) is 0 Å². The molecule has 3 aromatic heterocycles. The van der Waals surface area contributed by atoms with Crippen LogP contribution < -0.4 is 5.32 Å². The number of hydrogen-bond donors (Lipinski definition) is 1. The SMILES string of the molecule is c1cnc(-n2cccn2)c(-c2noc([C@]34CNC[C@H]3CCOC4)n2)c1. The van der Waals surface area contributed by atoms with Gasteiger partial charge in [0.05, 0.1) is 17.6 Å². The van der Waals surface area contributed by atoms with Crippen LogP contribution in [0.15, 0.2) is 41.3 Å². The molecule has 0 spiro atoms. The number of nitrogens with one attached hydrogen (secondary N) is 1. The molecule has 0 unspecified atom stereocenters. The van der Waals surface area contributed by atoms with Crippen LogP contribution in [0.25, 0.3) is 17.2 Å². The van der Waals surface area contributed by atoms with Crippen LogP contribution in [0.1, 0.15) is 12.3 Å². The number of nitrogens with zero attached hydrogens (tertiary/aromatic N) is 5. The van der Waals surface area contributed by atoms with Crippen molar-refractivity contribution in [1.29, 1.82) is 0 Å². The van der Waals surface area contributed by atoms with Crippen LogP contribution >= 0.6 is 0 Å². The first-order valence-electron chi connectivity index (χ1n) is 8.45. The third-order valence-corrected chi connectivity index (χ3v) is 5.18. The van der Waals surface area contributed by atoms with Gasteiger partial charge in [-0.05, 0) is 37.1 Å². The van der Waals surface area contributed by atoms with Crippen LogP contribution in [0.4, 0.5) is 0 Å². The second-order valence-corrected chi connectivity index (χ2v) is 6.57. The van der Waals surface area contributed by atoms with Crippen LogP contribution in [-0.4, -0.2) is 51.2 Å². The fourth-order valence-electron chi connectivity index (χ4n) is 3.83. The van der Waals surface area contributed by atoms with Crippen LogP contribution in [-0.2, 0) is 10.2 Å². The van der Waals surface area contributed by atoms with E-state index in [1.165, 1.54) is 0 Å². The molecule has 0 aliphatic carbocycles. The van der Waals surface area contributed by atoms with E-state index < -0.39 is 0 Å².